The van der Waals surface area contributed by atoms with Crippen LogP contribution < -0.4 is 11.0 Å². The molecule has 4 saturated carbocycles. The number of fused-ring (bicyclic) bond motifs is 3. The van der Waals surface area contributed by atoms with Gasteiger partial charge < -0.3 is 13.6 Å². The standard InChI is InChI=1S/C29H40N3O4P/c1-3-35-37(34,36-4-2)27-28(33)31(26-8-6-5-7-25(26)30-27)24-14-22-9-10-23(15-24)32(22)29-16-19-11-20(17-29)13-21(12-19)18-29/h5-8,19-24H,3-4,9-18H2,1-2H3/t19?,20?,21?,22-,23+,24?,29?. The number of aromatic nitrogens is 2. The molecule has 6 aliphatic rings. The Morgan fingerprint density at radius 1 is 0.892 bits per heavy atom. The molecular weight excluding hydrogens is 485 g/mol. The van der Waals surface area contributed by atoms with Gasteiger partial charge in [-0.05, 0) is 108 Å². The molecule has 200 valence electrons. The molecule has 6 fully saturated rings. The highest BCUT2D eigenvalue weighted by Gasteiger charge is 2.58. The third kappa shape index (κ3) is 3.83. The third-order valence-electron chi connectivity index (χ3n) is 10.3. The summed E-state index contributed by atoms with van der Waals surface area (Å²) in [5.74, 6) is 2.80. The Labute approximate surface area is 219 Å². The van der Waals surface area contributed by atoms with Crippen molar-refractivity contribution in [2.45, 2.75) is 102 Å². The number of hydrogen-bond acceptors (Lipinski definition) is 6. The van der Waals surface area contributed by atoms with Gasteiger partial charge in [-0.2, -0.15) is 0 Å². The lowest BCUT2D eigenvalue weighted by atomic mass is 9.52. The fourth-order valence-electron chi connectivity index (χ4n) is 9.70. The Kier molecular flexibility index (Phi) is 5.97. The van der Waals surface area contributed by atoms with E-state index < -0.39 is 7.60 Å². The first kappa shape index (κ1) is 24.5. The molecule has 0 amide bonds. The summed E-state index contributed by atoms with van der Waals surface area (Å²) >= 11 is 0. The minimum Gasteiger partial charge on any atom is -0.304 e. The van der Waals surface area contributed by atoms with E-state index in [0.717, 1.165) is 36.1 Å². The van der Waals surface area contributed by atoms with Gasteiger partial charge in [0.15, 0.2) is 0 Å². The fraction of sp³-hybridized carbons (Fsp3) is 0.724. The Hall–Kier alpha value is -1.53. The Balaban J connectivity index is 1.27. The molecular formula is C29H40N3O4P. The maximum absolute atomic E-state index is 14.1. The van der Waals surface area contributed by atoms with E-state index in [2.05, 4.69) is 9.88 Å². The maximum Gasteiger partial charge on any atom is 0.385 e. The molecule has 0 N–H and O–H groups in total. The van der Waals surface area contributed by atoms with Crippen molar-refractivity contribution in [3.8, 4) is 0 Å². The first-order valence-electron chi connectivity index (χ1n) is 14.6. The molecule has 0 spiro atoms. The van der Waals surface area contributed by atoms with Gasteiger partial charge in [0.1, 0.15) is 0 Å². The van der Waals surface area contributed by atoms with Crippen LogP contribution in [0.1, 0.15) is 84.1 Å². The molecule has 3 heterocycles. The minimum absolute atomic E-state index is 0.0641. The summed E-state index contributed by atoms with van der Waals surface area (Å²) in [6.07, 6.45) is 13.0. The molecule has 8 heteroatoms. The summed E-state index contributed by atoms with van der Waals surface area (Å²) in [5.41, 5.74) is 1.53. The number of rotatable bonds is 7. The number of hydrogen-bond donors (Lipinski definition) is 0. The van der Waals surface area contributed by atoms with Gasteiger partial charge in [0.25, 0.3) is 5.56 Å². The van der Waals surface area contributed by atoms with Crippen molar-refractivity contribution in [1.29, 1.82) is 0 Å². The van der Waals surface area contributed by atoms with E-state index in [1.54, 1.807) is 13.8 Å². The highest BCUT2D eigenvalue weighted by atomic mass is 31.2. The van der Waals surface area contributed by atoms with Gasteiger partial charge in [0, 0.05) is 23.7 Å². The highest BCUT2D eigenvalue weighted by molar-refractivity contribution is 7.61. The van der Waals surface area contributed by atoms with E-state index in [1.807, 2.05) is 28.8 Å². The van der Waals surface area contributed by atoms with E-state index in [0.29, 0.717) is 23.1 Å². The van der Waals surface area contributed by atoms with Crippen molar-refractivity contribution in [1.82, 2.24) is 14.5 Å². The summed E-state index contributed by atoms with van der Waals surface area (Å²) in [4.78, 5) is 21.6. The van der Waals surface area contributed by atoms with Crippen LogP contribution in [0.25, 0.3) is 11.0 Å². The van der Waals surface area contributed by atoms with Crippen LogP contribution in [0, 0.1) is 17.8 Å². The van der Waals surface area contributed by atoms with Crippen LogP contribution in [0.3, 0.4) is 0 Å². The highest BCUT2D eigenvalue weighted by Crippen LogP contribution is 2.61. The van der Waals surface area contributed by atoms with Crippen molar-refractivity contribution < 1.29 is 13.6 Å². The lowest BCUT2D eigenvalue weighted by Crippen LogP contribution is -2.64. The lowest BCUT2D eigenvalue weighted by Gasteiger charge is -2.63. The molecule has 6 bridgehead atoms. The van der Waals surface area contributed by atoms with Crippen molar-refractivity contribution in [3.05, 3.63) is 34.6 Å². The van der Waals surface area contributed by atoms with Gasteiger partial charge in [-0.15, -0.1) is 0 Å². The molecule has 2 saturated heterocycles. The average molecular weight is 526 g/mol. The van der Waals surface area contributed by atoms with Crippen LogP contribution in [-0.4, -0.2) is 45.3 Å². The van der Waals surface area contributed by atoms with Gasteiger partial charge in [-0.1, -0.05) is 12.1 Å². The first-order valence-corrected chi connectivity index (χ1v) is 16.2. The zero-order valence-corrected chi connectivity index (χ0v) is 23.1. The van der Waals surface area contributed by atoms with E-state index in [9.17, 15) is 9.36 Å². The number of benzene rings is 1. The minimum atomic E-state index is -3.81. The molecule has 2 aromatic rings. The van der Waals surface area contributed by atoms with E-state index in [-0.39, 0.29) is 30.2 Å². The molecule has 2 aliphatic heterocycles. The first-order chi connectivity index (χ1) is 17.9. The zero-order chi connectivity index (χ0) is 25.4. The molecule has 1 aromatic heterocycles. The molecule has 8 rings (SSSR count). The van der Waals surface area contributed by atoms with Gasteiger partial charge in [-0.3, -0.25) is 14.3 Å². The monoisotopic (exact) mass is 525 g/mol. The number of piperidine rings is 1. The van der Waals surface area contributed by atoms with Crippen LogP contribution in [0.5, 0.6) is 0 Å². The van der Waals surface area contributed by atoms with Crippen LogP contribution in [0.15, 0.2) is 29.1 Å². The zero-order valence-electron chi connectivity index (χ0n) is 22.2. The Morgan fingerprint density at radius 3 is 2.03 bits per heavy atom. The smallest absolute Gasteiger partial charge is 0.304 e. The summed E-state index contributed by atoms with van der Waals surface area (Å²) in [6.45, 7) is 3.92. The molecule has 7 nitrogen and oxygen atoms in total. The molecule has 0 radical (unpaired) electrons. The van der Waals surface area contributed by atoms with Crippen molar-refractivity contribution in [2.75, 3.05) is 13.2 Å². The van der Waals surface area contributed by atoms with Gasteiger partial charge in [0.2, 0.25) is 5.44 Å². The summed E-state index contributed by atoms with van der Waals surface area (Å²) in [6, 6.07) is 8.87. The fourth-order valence-corrected chi connectivity index (χ4v) is 11.3. The number of nitrogens with zero attached hydrogens (tertiary/aromatic N) is 3. The molecule has 1 aromatic carbocycles. The maximum atomic E-state index is 14.1. The summed E-state index contributed by atoms with van der Waals surface area (Å²) in [7, 11) is -3.81. The third-order valence-corrected chi connectivity index (χ3v) is 12.3. The topological polar surface area (TPSA) is 73.7 Å². The van der Waals surface area contributed by atoms with Crippen molar-refractivity contribution in [2.24, 2.45) is 17.8 Å². The van der Waals surface area contributed by atoms with Crippen molar-refractivity contribution >= 4 is 24.1 Å². The van der Waals surface area contributed by atoms with E-state index >= 15 is 0 Å². The van der Waals surface area contributed by atoms with Crippen LogP contribution in [-0.2, 0) is 13.6 Å². The van der Waals surface area contributed by atoms with E-state index in [1.165, 1.54) is 51.4 Å². The summed E-state index contributed by atoms with van der Waals surface area (Å²) in [5, 5.41) is 0. The van der Waals surface area contributed by atoms with Crippen LogP contribution >= 0.6 is 7.60 Å². The second kappa shape index (κ2) is 9.01. The Bertz CT molecular complexity index is 1250. The molecule has 1 unspecified atom stereocenters. The Morgan fingerprint density at radius 2 is 1.46 bits per heavy atom. The van der Waals surface area contributed by atoms with Gasteiger partial charge in [-0.25, -0.2) is 4.98 Å². The van der Waals surface area contributed by atoms with Crippen LogP contribution in [0.4, 0.5) is 0 Å². The molecule has 37 heavy (non-hydrogen) atoms. The molecule has 4 aliphatic carbocycles. The van der Waals surface area contributed by atoms with Gasteiger partial charge >= 0.3 is 7.60 Å². The summed E-state index contributed by atoms with van der Waals surface area (Å²) < 4.78 is 26.8. The largest absolute Gasteiger partial charge is 0.385 e. The van der Waals surface area contributed by atoms with E-state index in [4.69, 9.17) is 9.05 Å². The second-order valence-corrected chi connectivity index (χ2v) is 14.4. The predicted molar refractivity (Wildman–Crippen MR) is 144 cm³/mol. The SMILES string of the molecule is CCOP(=O)(OCC)c1nc2ccccc2n(C2C[C@H]3CC[C@@H](C2)N3C23CC4CC(CC(C4)C2)C3)c1=O. The van der Waals surface area contributed by atoms with Gasteiger partial charge in [0.05, 0.1) is 24.2 Å². The van der Waals surface area contributed by atoms with Crippen molar-refractivity contribution in [3.63, 3.8) is 0 Å². The average Bonchev–Trinajstić information content (AvgIpc) is 3.14. The lowest BCUT2D eigenvalue weighted by molar-refractivity contribution is -0.121. The number of para-hydroxylation sites is 2. The quantitative estimate of drug-likeness (QED) is 0.449. The second-order valence-electron chi connectivity index (χ2n) is 12.5. The predicted octanol–water partition coefficient (Wildman–Crippen LogP) is 5.42. The normalized spacial score (nSPS) is 37.0. The van der Waals surface area contributed by atoms with Crippen LogP contribution in [0.2, 0.25) is 0 Å². The molecule has 3 atom stereocenters.